The number of hydrogen-bond acceptors (Lipinski definition) is 5. The molecule has 1 aromatic carbocycles. The first kappa shape index (κ1) is 14.8. The molecule has 2 aliphatic heterocycles. The van der Waals surface area contributed by atoms with Gasteiger partial charge >= 0.3 is 7.12 Å². The van der Waals surface area contributed by atoms with Crippen molar-refractivity contribution in [1.82, 2.24) is 5.32 Å². The fraction of sp³-hybridized carbons (Fsp3) is 0.462. The van der Waals surface area contributed by atoms with E-state index in [0.717, 1.165) is 5.56 Å². The van der Waals surface area contributed by atoms with E-state index in [1.165, 1.54) is 0 Å². The van der Waals surface area contributed by atoms with Crippen LogP contribution in [-0.2, 0) is 20.7 Å². The number of carbonyl (C=O) groups is 1. The smallest absolute Gasteiger partial charge is 0.423 e. The van der Waals surface area contributed by atoms with E-state index >= 15 is 0 Å². The molecule has 0 unspecified atom stereocenters. The number of halogens is 1. The summed E-state index contributed by atoms with van der Waals surface area (Å²) in [5.74, 6) is -0.292. The molecular formula is C13H15BClNO5. The highest BCUT2D eigenvalue weighted by atomic mass is 35.5. The number of hydrogen-bond donors (Lipinski definition) is 2. The SMILES string of the molecule is O=C(NCCC1OCCO1)c1cc2c(cc1Cl)COB2O. The van der Waals surface area contributed by atoms with Crippen LogP contribution in [0.3, 0.4) is 0 Å². The molecule has 0 aromatic heterocycles. The van der Waals surface area contributed by atoms with Gasteiger partial charge in [-0.25, -0.2) is 0 Å². The van der Waals surface area contributed by atoms with E-state index in [-0.39, 0.29) is 12.2 Å². The van der Waals surface area contributed by atoms with Gasteiger partial charge in [-0.3, -0.25) is 4.79 Å². The maximum absolute atomic E-state index is 12.1. The van der Waals surface area contributed by atoms with Crippen molar-refractivity contribution < 1.29 is 23.9 Å². The highest BCUT2D eigenvalue weighted by Crippen LogP contribution is 2.20. The maximum Gasteiger partial charge on any atom is 0.491 e. The Morgan fingerprint density at radius 2 is 2.19 bits per heavy atom. The van der Waals surface area contributed by atoms with Crippen LogP contribution in [0.5, 0.6) is 0 Å². The number of carbonyl (C=O) groups excluding carboxylic acids is 1. The Morgan fingerprint density at radius 3 is 2.95 bits per heavy atom. The second kappa shape index (κ2) is 6.33. The van der Waals surface area contributed by atoms with Crippen molar-refractivity contribution in [2.24, 2.45) is 0 Å². The molecular weight excluding hydrogens is 296 g/mol. The van der Waals surface area contributed by atoms with Crippen LogP contribution in [0.15, 0.2) is 12.1 Å². The summed E-state index contributed by atoms with van der Waals surface area (Å²) in [5, 5.41) is 12.8. The van der Waals surface area contributed by atoms with Crippen molar-refractivity contribution in [2.45, 2.75) is 19.3 Å². The number of ether oxygens (including phenoxy) is 2. The predicted molar refractivity (Wildman–Crippen MR) is 76.5 cm³/mol. The Bertz CT molecular complexity index is 550. The van der Waals surface area contributed by atoms with E-state index in [2.05, 4.69) is 5.32 Å². The van der Waals surface area contributed by atoms with Crippen LogP contribution >= 0.6 is 11.6 Å². The molecule has 2 N–H and O–H groups in total. The highest BCUT2D eigenvalue weighted by Gasteiger charge is 2.29. The van der Waals surface area contributed by atoms with Gasteiger partial charge in [0.25, 0.3) is 5.91 Å². The summed E-state index contributed by atoms with van der Waals surface area (Å²) in [5.41, 5.74) is 1.72. The monoisotopic (exact) mass is 311 g/mol. The second-order valence-electron chi connectivity index (χ2n) is 4.91. The summed E-state index contributed by atoms with van der Waals surface area (Å²) in [6.45, 7) is 1.91. The molecule has 8 heteroatoms. The summed E-state index contributed by atoms with van der Waals surface area (Å²) >= 11 is 6.11. The zero-order valence-electron chi connectivity index (χ0n) is 11.3. The zero-order valence-corrected chi connectivity index (χ0v) is 12.1. The van der Waals surface area contributed by atoms with Crippen LogP contribution < -0.4 is 10.8 Å². The molecule has 1 amide bonds. The Hall–Kier alpha value is -1.12. The second-order valence-corrected chi connectivity index (χ2v) is 5.32. The lowest BCUT2D eigenvalue weighted by atomic mass is 9.78. The molecule has 3 rings (SSSR count). The van der Waals surface area contributed by atoms with Crippen LogP contribution in [0.1, 0.15) is 22.3 Å². The summed E-state index contributed by atoms with van der Waals surface area (Å²) in [6.07, 6.45) is 0.330. The molecule has 2 aliphatic rings. The summed E-state index contributed by atoms with van der Waals surface area (Å²) in [4.78, 5) is 12.1. The first-order valence-corrected chi connectivity index (χ1v) is 7.16. The van der Waals surface area contributed by atoms with Gasteiger partial charge < -0.3 is 24.5 Å². The Labute approximate surface area is 127 Å². The van der Waals surface area contributed by atoms with Crippen molar-refractivity contribution in [3.63, 3.8) is 0 Å². The Kier molecular flexibility index (Phi) is 4.47. The van der Waals surface area contributed by atoms with E-state index in [4.69, 9.17) is 25.7 Å². The average molecular weight is 312 g/mol. The zero-order chi connectivity index (χ0) is 14.8. The van der Waals surface area contributed by atoms with Crippen molar-refractivity contribution in [3.05, 3.63) is 28.3 Å². The van der Waals surface area contributed by atoms with E-state index in [1.807, 2.05) is 0 Å². The van der Waals surface area contributed by atoms with Gasteiger partial charge in [0, 0.05) is 13.0 Å². The molecule has 0 spiro atoms. The first-order valence-electron chi connectivity index (χ1n) is 6.78. The van der Waals surface area contributed by atoms with E-state index in [0.29, 0.717) is 48.8 Å². The minimum absolute atomic E-state index is 0.254. The lowest BCUT2D eigenvalue weighted by Gasteiger charge is -2.11. The van der Waals surface area contributed by atoms with Crippen LogP contribution in [-0.4, -0.2) is 44.1 Å². The highest BCUT2D eigenvalue weighted by molar-refractivity contribution is 6.61. The van der Waals surface area contributed by atoms with E-state index in [1.54, 1.807) is 12.1 Å². The van der Waals surface area contributed by atoms with Crippen molar-refractivity contribution >= 4 is 30.1 Å². The number of rotatable bonds is 4. The lowest BCUT2D eigenvalue weighted by Crippen LogP contribution is -2.32. The lowest BCUT2D eigenvalue weighted by molar-refractivity contribution is -0.0455. The molecule has 0 radical (unpaired) electrons. The Balaban J connectivity index is 1.63. The summed E-state index contributed by atoms with van der Waals surface area (Å²) in [6, 6.07) is 3.23. The molecule has 112 valence electrons. The largest absolute Gasteiger partial charge is 0.491 e. The molecule has 0 saturated carbocycles. The van der Waals surface area contributed by atoms with Crippen LogP contribution in [0.4, 0.5) is 0 Å². The van der Waals surface area contributed by atoms with Gasteiger partial charge in [-0.2, -0.15) is 0 Å². The summed E-state index contributed by atoms with van der Waals surface area (Å²) in [7, 11) is -0.996. The third kappa shape index (κ3) is 3.22. The van der Waals surface area contributed by atoms with Crippen LogP contribution in [0, 0.1) is 0 Å². The van der Waals surface area contributed by atoms with Crippen molar-refractivity contribution in [2.75, 3.05) is 19.8 Å². The molecule has 1 saturated heterocycles. The van der Waals surface area contributed by atoms with E-state index in [9.17, 15) is 9.82 Å². The van der Waals surface area contributed by atoms with Gasteiger partial charge in [0.15, 0.2) is 6.29 Å². The molecule has 1 aromatic rings. The first-order chi connectivity index (χ1) is 10.1. The topological polar surface area (TPSA) is 77.0 Å². The molecule has 21 heavy (non-hydrogen) atoms. The Morgan fingerprint density at radius 1 is 1.43 bits per heavy atom. The average Bonchev–Trinajstić information content (AvgIpc) is 3.08. The van der Waals surface area contributed by atoms with Gasteiger partial charge in [-0.15, -0.1) is 0 Å². The quantitative estimate of drug-likeness (QED) is 0.769. The van der Waals surface area contributed by atoms with Gasteiger partial charge in [0.05, 0.1) is 30.4 Å². The fourth-order valence-corrected chi connectivity index (χ4v) is 2.66. The van der Waals surface area contributed by atoms with Gasteiger partial charge in [0.1, 0.15) is 0 Å². The van der Waals surface area contributed by atoms with Crippen LogP contribution in [0.2, 0.25) is 5.02 Å². The van der Waals surface area contributed by atoms with Crippen LogP contribution in [0.25, 0.3) is 0 Å². The van der Waals surface area contributed by atoms with Gasteiger partial charge in [-0.05, 0) is 23.2 Å². The minimum Gasteiger partial charge on any atom is -0.423 e. The standard InChI is InChI=1S/C13H15BClNO5/c15-11-5-8-7-21-14(18)10(8)6-9(11)13(17)16-2-1-12-19-3-4-20-12/h5-6,12,18H,1-4,7H2,(H,16,17). The molecule has 0 atom stereocenters. The van der Waals surface area contributed by atoms with Crippen molar-refractivity contribution in [1.29, 1.82) is 0 Å². The van der Waals surface area contributed by atoms with Gasteiger partial charge in [-0.1, -0.05) is 11.6 Å². The molecule has 2 heterocycles. The summed E-state index contributed by atoms with van der Waals surface area (Å²) < 4.78 is 15.7. The maximum atomic E-state index is 12.1. The number of nitrogens with one attached hydrogen (secondary N) is 1. The molecule has 0 bridgehead atoms. The molecule has 6 nitrogen and oxygen atoms in total. The minimum atomic E-state index is -0.996. The van der Waals surface area contributed by atoms with Crippen molar-refractivity contribution in [3.8, 4) is 0 Å². The number of amides is 1. The number of benzene rings is 1. The normalized spacial score (nSPS) is 18.1. The third-order valence-corrected chi connectivity index (χ3v) is 3.81. The number of fused-ring (bicyclic) bond motifs is 1. The predicted octanol–water partition coefficient (Wildman–Crippen LogP) is 0.0505. The van der Waals surface area contributed by atoms with Gasteiger partial charge in [0.2, 0.25) is 0 Å². The molecule has 1 fully saturated rings. The third-order valence-electron chi connectivity index (χ3n) is 3.49. The molecule has 0 aliphatic carbocycles. The fourth-order valence-electron chi connectivity index (χ4n) is 2.39. The van der Waals surface area contributed by atoms with E-state index < -0.39 is 7.12 Å².